The van der Waals surface area contributed by atoms with Crippen LogP contribution in [0.4, 0.5) is 0 Å². The predicted molar refractivity (Wildman–Crippen MR) is 129 cm³/mol. The molecule has 0 radical (unpaired) electrons. The molecule has 1 aromatic heterocycles. The minimum Gasteiger partial charge on any atom is -0.493 e. The summed E-state index contributed by atoms with van der Waals surface area (Å²) in [6.07, 6.45) is 4.42. The first-order valence-electron chi connectivity index (χ1n) is 10.9. The van der Waals surface area contributed by atoms with Crippen molar-refractivity contribution in [3.05, 3.63) is 58.2 Å². The SMILES string of the molecule is COC(=O)c1c(-c2cc(OC)c(OC3CCCC3)cc2Br)nn(-c2ccccc2)c1C(=O)OC. The molecule has 0 spiro atoms. The first kappa shape index (κ1) is 23.8. The Morgan fingerprint density at radius 2 is 1.65 bits per heavy atom. The van der Waals surface area contributed by atoms with E-state index in [1.54, 1.807) is 31.4 Å². The van der Waals surface area contributed by atoms with E-state index in [4.69, 9.17) is 18.9 Å². The van der Waals surface area contributed by atoms with Crippen molar-refractivity contribution in [1.82, 2.24) is 9.78 Å². The lowest BCUT2D eigenvalue weighted by molar-refractivity contribution is 0.0549. The molecule has 0 bridgehead atoms. The van der Waals surface area contributed by atoms with Crippen LogP contribution in [0, 0.1) is 0 Å². The lowest BCUT2D eigenvalue weighted by Crippen LogP contribution is -2.15. The average molecular weight is 529 g/mol. The fourth-order valence-corrected chi connectivity index (χ4v) is 4.61. The van der Waals surface area contributed by atoms with Gasteiger partial charge in [0.05, 0.1) is 33.1 Å². The fourth-order valence-electron chi connectivity index (χ4n) is 4.10. The molecule has 8 nitrogen and oxygen atoms in total. The molecule has 1 heterocycles. The van der Waals surface area contributed by atoms with Crippen LogP contribution in [-0.4, -0.2) is 49.2 Å². The first-order chi connectivity index (χ1) is 16.5. The second-order valence-electron chi connectivity index (χ2n) is 7.81. The zero-order valence-corrected chi connectivity index (χ0v) is 20.8. The highest BCUT2D eigenvalue weighted by Crippen LogP contribution is 2.42. The number of halogens is 1. The van der Waals surface area contributed by atoms with Gasteiger partial charge in [-0.25, -0.2) is 14.3 Å². The molecule has 2 aromatic carbocycles. The number of aromatic nitrogens is 2. The molecule has 4 rings (SSSR count). The van der Waals surface area contributed by atoms with Gasteiger partial charge in [-0.1, -0.05) is 18.2 Å². The number of nitrogens with zero attached hydrogens (tertiary/aromatic N) is 2. The second-order valence-corrected chi connectivity index (χ2v) is 8.66. The molecular formula is C25H25BrN2O6. The predicted octanol–water partition coefficient (Wildman–Crippen LogP) is 5.21. The number of para-hydroxylation sites is 1. The molecule has 34 heavy (non-hydrogen) atoms. The lowest BCUT2D eigenvalue weighted by Gasteiger charge is -2.17. The molecule has 1 saturated carbocycles. The van der Waals surface area contributed by atoms with E-state index >= 15 is 0 Å². The van der Waals surface area contributed by atoms with Crippen molar-refractivity contribution >= 4 is 27.9 Å². The Balaban J connectivity index is 1.92. The smallest absolute Gasteiger partial charge is 0.357 e. The van der Waals surface area contributed by atoms with Gasteiger partial charge >= 0.3 is 11.9 Å². The molecule has 1 fully saturated rings. The molecule has 0 N–H and O–H groups in total. The summed E-state index contributed by atoms with van der Waals surface area (Å²) >= 11 is 3.59. The number of ether oxygens (including phenoxy) is 4. The summed E-state index contributed by atoms with van der Waals surface area (Å²) in [6.45, 7) is 0. The Labute approximate surface area is 205 Å². The van der Waals surface area contributed by atoms with E-state index in [1.165, 1.54) is 18.9 Å². The molecule has 0 saturated heterocycles. The summed E-state index contributed by atoms with van der Waals surface area (Å²) in [5, 5.41) is 4.65. The van der Waals surface area contributed by atoms with Gasteiger partial charge in [0, 0.05) is 10.0 Å². The third kappa shape index (κ3) is 4.52. The average Bonchev–Trinajstić information content (AvgIpc) is 3.52. The van der Waals surface area contributed by atoms with E-state index in [-0.39, 0.29) is 23.1 Å². The van der Waals surface area contributed by atoms with Gasteiger partial charge in [-0.05, 0) is 65.9 Å². The van der Waals surface area contributed by atoms with Crippen LogP contribution in [0.3, 0.4) is 0 Å². The van der Waals surface area contributed by atoms with Gasteiger partial charge in [-0.3, -0.25) is 0 Å². The molecule has 178 valence electrons. The number of methoxy groups -OCH3 is 3. The summed E-state index contributed by atoms with van der Waals surface area (Å²) in [7, 11) is 4.05. The van der Waals surface area contributed by atoms with Gasteiger partial charge < -0.3 is 18.9 Å². The Hall–Kier alpha value is -3.33. The molecule has 9 heteroatoms. The number of esters is 2. The zero-order valence-electron chi connectivity index (χ0n) is 19.2. The molecule has 0 aliphatic heterocycles. The fraction of sp³-hybridized carbons (Fsp3) is 0.320. The van der Waals surface area contributed by atoms with Crippen LogP contribution in [0.1, 0.15) is 46.5 Å². The number of carbonyl (C=O) groups is 2. The van der Waals surface area contributed by atoms with E-state index < -0.39 is 11.9 Å². The second kappa shape index (κ2) is 10.3. The molecule has 0 unspecified atom stereocenters. The van der Waals surface area contributed by atoms with Gasteiger partial charge in [-0.15, -0.1) is 0 Å². The Bertz CT molecular complexity index is 1200. The van der Waals surface area contributed by atoms with Crippen molar-refractivity contribution < 1.29 is 28.5 Å². The van der Waals surface area contributed by atoms with E-state index in [9.17, 15) is 9.59 Å². The van der Waals surface area contributed by atoms with Crippen molar-refractivity contribution in [2.24, 2.45) is 0 Å². The maximum atomic E-state index is 12.9. The highest BCUT2D eigenvalue weighted by atomic mass is 79.9. The highest BCUT2D eigenvalue weighted by Gasteiger charge is 2.32. The minimum absolute atomic E-state index is 0.00887. The van der Waals surface area contributed by atoms with E-state index in [0.717, 1.165) is 25.7 Å². The standard InChI is InChI=1S/C25H25BrN2O6/c1-31-19-13-17(18(26)14-20(19)34-16-11-7-8-12-16)22-21(24(29)32-2)23(25(30)33-3)28(27-22)15-9-5-4-6-10-15/h4-6,9-10,13-14,16H,7-8,11-12H2,1-3H3. The molecule has 0 amide bonds. The van der Waals surface area contributed by atoms with E-state index in [1.807, 2.05) is 18.2 Å². The molecule has 3 aromatic rings. The lowest BCUT2D eigenvalue weighted by atomic mass is 10.0. The van der Waals surface area contributed by atoms with Crippen LogP contribution >= 0.6 is 15.9 Å². The normalized spacial score (nSPS) is 13.5. The maximum Gasteiger partial charge on any atom is 0.357 e. The molecule has 1 aliphatic carbocycles. The number of hydrogen-bond donors (Lipinski definition) is 0. The first-order valence-corrected chi connectivity index (χ1v) is 11.7. The monoisotopic (exact) mass is 528 g/mol. The molecular weight excluding hydrogens is 504 g/mol. The largest absolute Gasteiger partial charge is 0.493 e. The summed E-state index contributed by atoms with van der Waals surface area (Å²) in [5.74, 6) is -0.336. The van der Waals surface area contributed by atoms with Crippen LogP contribution < -0.4 is 9.47 Å². The summed E-state index contributed by atoms with van der Waals surface area (Å²) in [6, 6.07) is 12.5. The Kier molecular flexibility index (Phi) is 7.21. The minimum atomic E-state index is -0.715. The van der Waals surface area contributed by atoms with Crippen molar-refractivity contribution in [2.75, 3.05) is 21.3 Å². The summed E-state index contributed by atoms with van der Waals surface area (Å²) in [4.78, 5) is 25.7. The molecule has 1 aliphatic rings. The summed E-state index contributed by atoms with van der Waals surface area (Å²) < 4.78 is 23.8. The van der Waals surface area contributed by atoms with Crippen molar-refractivity contribution in [3.8, 4) is 28.4 Å². The van der Waals surface area contributed by atoms with Crippen molar-refractivity contribution in [1.29, 1.82) is 0 Å². The van der Waals surface area contributed by atoms with Gasteiger partial charge in [0.1, 0.15) is 11.3 Å². The van der Waals surface area contributed by atoms with E-state index in [0.29, 0.717) is 27.2 Å². The van der Waals surface area contributed by atoms with Gasteiger partial charge in [-0.2, -0.15) is 5.10 Å². The quantitative estimate of drug-likeness (QED) is 0.389. The zero-order chi connectivity index (χ0) is 24.2. The summed E-state index contributed by atoms with van der Waals surface area (Å²) in [5.41, 5.74) is 1.33. The van der Waals surface area contributed by atoms with Crippen LogP contribution in [0.25, 0.3) is 16.9 Å². The third-order valence-corrected chi connectivity index (χ3v) is 6.41. The number of carbonyl (C=O) groups excluding carboxylic acids is 2. The number of rotatable bonds is 7. The highest BCUT2D eigenvalue weighted by molar-refractivity contribution is 9.10. The Morgan fingerprint density at radius 1 is 0.971 bits per heavy atom. The van der Waals surface area contributed by atoms with Gasteiger partial charge in [0.25, 0.3) is 0 Å². The van der Waals surface area contributed by atoms with Gasteiger partial charge in [0.2, 0.25) is 0 Å². The van der Waals surface area contributed by atoms with E-state index in [2.05, 4.69) is 21.0 Å². The molecule has 0 atom stereocenters. The van der Waals surface area contributed by atoms with Crippen molar-refractivity contribution in [2.45, 2.75) is 31.8 Å². The van der Waals surface area contributed by atoms with Crippen LogP contribution in [0.15, 0.2) is 46.9 Å². The van der Waals surface area contributed by atoms with Gasteiger partial charge in [0.15, 0.2) is 17.2 Å². The Morgan fingerprint density at radius 3 is 2.26 bits per heavy atom. The number of hydrogen-bond acceptors (Lipinski definition) is 7. The number of benzene rings is 2. The topological polar surface area (TPSA) is 88.9 Å². The van der Waals surface area contributed by atoms with Crippen molar-refractivity contribution in [3.63, 3.8) is 0 Å². The maximum absolute atomic E-state index is 12.9. The third-order valence-electron chi connectivity index (χ3n) is 5.76. The van der Waals surface area contributed by atoms with Crippen LogP contribution in [-0.2, 0) is 9.47 Å². The van der Waals surface area contributed by atoms with Crippen LogP contribution in [0.5, 0.6) is 11.5 Å². The van der Waals surface area contributed by atoms with Crippen LogP contribution in [0.2, 0.25) is 0 Å².